The molecule has 0 unspecified atom stereocenters. The molecule has 2 aliphatic carbocycles. The molecule has 2 aliphatic heterocycles. The van der Waals surface area contributed by atoms with E-state index in [0.717, 1.165) is 53.9 Å². The number of hydrogen-bond donors (Lipinski definition) is 0. The second kappa shape index (κ2) is 9.59. The van der Waals surface area contributed by atoms with Gasteiger partial charge < -0.3 is 9.64 Å². The summed E-state index contributed by atoms with van der Waals surface area (Å²) in [6.07, 6.45) is 9.19. The Morgan fingerprint density at radius 1 is 0.971 bits per heavy atom. The van der Waals surface area contributed by atoms with Crippen molar-refractivity contribution in [2.24, 2.45) is 0 Å². The highest BCUT2D eigenvalue weighted by Gasteiger charge is 2.37. The number of piperazine rings is 1. The van der Waals surface area contributed by atoms with Crippen molar-refractivity contribution < 1.29 is 9.53 Å². The Balaban J connectivity index is 0.983. The fourth-order valence-corrected chi connectivity index (χ4v) is 7.25. The van der Waals surface area contributed by atoms with Gasteiger partial charge in [0, 0.05) is 81.4 Å². The molecule has 4 aliphatic rings. The molecule has 3 fully saturated rings. The third-order valence-corrected chi connectivity index (χ3v) is 9.49. The first-order valence-electron chi connectivity index (χ1n) is 13.1. The van der Waals surface area contributed by atoms with E-state index in [1.165, 1.54) is 56.7 Å². The molecule has 0 N–H and O–H groups in total. The molecule has 2 aromatic rings. The molecule has 34 heavy (non-hydrogen) atoms. The Kier molecular flexibility index (Phi) is 6.35. The fourth-order valence-electron chi connectivity index (χ4n) is 6.13. The summed E-state index contributed by atoms with van der Waals surface area (Å²) >= 11 is 1.71. The molecule has 0 radical (unpaired) electrons. The summed E-state index contributed by atoms with van der Waals surface area (Å²) in [5.41, 5.74) is 2.29. The molecule has 6 nitrogen and oxygen atoms in total. The van der Waals surface area contributed by atoms with E-state index >= 15 is 0 Å². The van der Waals surface area contributed by atoms with Crippen LogP contribution in [0.1, 0.15) is 56.0 Å². The summed E-state index contributed by atoms with van der Waals surface area (Å²) in [7, 11) is 0. The van der Waals surface area contributed by atoms with Crippen LogP contribution in [0.15, 0.2) is 24.3 Å². The van der Waals surface area contributed by atoms with E-state index in [1.807, 2.05) is 4.90 Å². The van der Waals surface area contributed by atoms with Gasteiger partial charge >= 0.3 is 0 Å². The minimum atomic E-state index is 0.145. The number of amides is 1. The number of nitrogens with zero attached hydrogens (tertiary/aromatic N) is 4. The zero-order chi connectivity index (χ0) is 23.1. The van der Waals surface area contributed by atoms with Crippen LogP contribution in [-0.2, 0) is 17.8 Å². The highest BCUT2D eigenvalue weighted by atomic mass is 32.1. The average Bonchev–Trinajstić information content (AvgIpc) is 3.51. The number of hydrogen-bond acceptors (Lipinski definition) is 6. The maximum atomic E-state index is 11.7. The van der Waals surface area contributed by atoms with Crippen LogP contribution in [0.4, 0.5) is 0 Å². The number of aromatic nitrogens is 1. The molecule has 1 saturated heterocycles. The highest BCUT2D eigenvalue weighted by Crippen LogP contribution is 2.35. The first-order valence-corrected chi connectivity index (χ1v) is 13.9. The Hall–Kier alpha value is -1.96. The number of thiazole rings is 1. The molecular formula is C27H36N4O2S. The molecule has 3 heterocycles. The fraction of sp³-hybridized carbons (Fsp3) is 0.630. The van der Waals surface area contributed by atoms with Gasteiger partial charge in [0.2, 0.25) is 5.91 Å². The van der Waals surface area contributed by atoms with E-state index in [1.54, 1.807) is 18.3 Å². The Morgan fingerprint density at radius 2 is 1.65 bits per heavy atom. The van der Waals surface area contributed by atoms with Crippen LogP contribution in [0.5, 0.6) is 5.75 Å². The maximum absolute atomic E-state index is 11.7. The lowest BCUT2D eigenvalue weighted by atomic mass is 9.87. The van der Waals surface area contributed by atoms with Crippen LogP contribution >= 0.6 is 11.3 Å². The Bertz CT molecular complexity index is 1000. The van der Waals surface area contributed by atoms with Gasteiger partial charge in [-0.1, -0.05) is 12.8 Å². The molecule has 0 spiro atoms. The number of ether oxygens (including phenoxy) is 1. The van der Waals surface area contributed by atoms with E-state index in [0.29, 0.717) is 18.7 Å². The number of benzene rings is 1. The molecule has 2 saturated carbocycles. The van der Waals surface area contributed by atoms with Crippen molar-refractivity contribution in [1.29, 1.82) is 0 Å². The van der Waals surface area contributed by atoms with Gasteiger partial charge in [0.15, 0.2) is 0 Å². The zero-order valence-electron chi connectivity index (χ0n) is 20.2. The molecule has 7 heteroatoms. The monoisotopic (exact) mass is 480 g/mol. The SMILES string of the molecule is CC(=O)N1CCc2nc(-c3ccc(OC4CC(N5CCN(C6CCCC6)CC5)C4)cc3)sc2C1. The topological polar surface area (TPSA) is 48.9 Å². The van der Waals surface area contributed by atoms with Gasteiger partial charge in [-0.25, -0.2) is 4.98 Å². The van der Waals surface area contributed by atoms with Gasteiger partial charge in [-0.3, -0.25) is 14.6 Å². The van der Waals surface area contributed by atoms with Gasteiger partial charge in [-0.05, 0) is 37.1 Å². The van der Waals surface area contributed by atoms with Crippen LogP contribution in [0.2, 0.25) is 0 Å². The minimum absolute atomic E-state index is 0.145. The van der Waals surface area contributed by atoms with E-state index in [2.05, 4.69) is 34.1 Å². The summed E-state index contributed by atoms with van der Waals surface area (Å²) < 4.78 is 6.29. The van der Waals surface area contributed by atoms with Crippen LogP contribution < -0.4 is 4.74 Å². The molecule has 0 bridgehead atoms. The molecule has 182 valence electrons. The third kappa shape index (κ3) is 4.62. The minimum Gasteiger partial charge on any atom is -0.490 e. The van der Waals surface area contributed by atoms with E-state index in [-0.39, 0.29) is 5.91 Å². The van der Waals surface area contributed by atoms with Crippen LogP contribution in [0.25, 0.3) is 10.6 Å². The quantitative estimate of drug-likeness (QED) is 0.643. The second-order valence-electron chi connectivity index (χ2n) is 10.5. The standard InChI is InChI=1S/C27H36N4O2S/c1-19(32)31-11-10-25-26(18-31)34-27(28-25)20-6-8-23(9-7-20)33-24-16-22(17-24)30-14-12-29(13-15-30)21-4-2-3-5-21/h6-9,21-22,24H,2-5,10-18H2,1H3. The second-order valence-corrected chi connectivity index (χ2v) is 11.6. The van der Waals surface area contributed by atoms with Gasteiger partial charge in [-0.2, -0.15) is 0 Å². The summed E-state index contributed by atoms with van der Waals surface area (Å²) in [5.74, 6) is 1.11. The van der Waals surface area contributed by atoms with E-state index in [9.17, 15) is 4.79 Å². The number of rotatable bonds is 5. The maximum Gasteiger partial charge on any atom is 0.219 e. The lowest BCUT2D eigenvalue weighted by Gasteiger charge is -2.47. The van der Waals surface area contributed by atoms with Crippen LogP contribution in [-0.4, -0.2) is 76.5 Å². The van der Waals surface area contributed by atoms with Gasteiger partial charge in [0.25, 0.3) is 0 Å². The summed E-state index contributed by atoms with van der Waals surface area (Å²) in [6, 6.07) is 10.00. The van der Waals surface area contributed by atoms with Crippen LogP contribution in [0, 0.1) is 0 Å². The van der Waals surface area contributed by atoms with Crippen molar-refractivity contribution in [2.45, 2.75) is 76.6 Å². The normalized spacial score (nSPS) is 26.3. The Labute approximate surface area is 206 Å². The first-order chi connectivity index (χ1) is 16.6. The van der Waals surface area contributed by atoms with Gasteiger partial charge in [-0.15, -0.1) is 11.3 Å². The first kappa shape index (κ1) is 22.5. The molecule has 6 rings (SSSR count). The van der Waals surface area contributed by atoms with Crippen molar-refractivity contribution in [2.75, 3.05) is 32.7 Å². The van der Waals surface area contributed by atoms with Gasteiger partial charge in [0.05, 0.1) is 12.2 Å². The van der Waals surface area contributed by atoms with E-state index < -0.39 is 0 Å². The number of fused-ring (bicyclic) bond motifs is 1. The molecule has 1 aromatic heterocycles. The van der Waals surface area contributed by atoms with Crippen molar-refractivity contribution in [1.82, 2.24) is 19.7 Å². The van der Waals surface area contributed by atoms with Crippen molar-refractivity contribution in [3.63, 3.8) is 0 Å². The third-order valence-electron chi connectivity index (χ3n) is 8.36. The lowest BCUT2D eigenvalue weighted by molar-refractivity contribution is -0.129. The Morgan fingerprint density at radius 3 is 2.32 bits per heavy atom. The zero-order valence-corrected chi connectivity index (χ0v) is 21.1. The van der Waals surface area contributed by atoms with Gasteiger partial charge in [0.1, 0.15) is 16.9 Å². The summed E-state index contributed by atoms with van der Waals surface area (Å²) in [6.45, 7) is 8.07. The molecule has 1 amide bonds. The van der Waals surface area contributed by atoms with Crippen molar-refractivity contribution in [3.05, 3.63) is 34.8 Å². The highest BCUT2D eigenvalue weighted by molar-refractivity contribution is 7.15. The predicted molar refractivity (Wildman–Crippen MR) is 135 cm³/mol. The lowest BCUT2D eigenvalue weighted by Crippen LogP contribution is -2.57. The predicted octanol–water partition coefficient (Wildman–Crippen LogP) is 4.18. The van der Waals surface area contributed by atoms with Crippen LogP contribution in [0.3, 0.4) is 0 Å². The summed E-state index contributed by atoms with van der Waals surface area (Å²) in [5, 5.41) is 1.04. The average molecular weight is 481 g/mol. The molecule has 0 atom stereocenters. The molecular weight excluding hydrogens is 444 g/mol. The van der Waals surface area contributed by atoms with Crippen molar-refractivity contribution in [3.8, 4) is 16.3 Å². The number of carbonyl (C=O) groups excluding carboxylic acids is 1. The summed E-state index contributed by atoms with van der Waals surface area (Å²) in [4.78, 5) is 25.1. The van der Waals surface area contributed by atoms with E-state index in [4.69, 9.17) is 9.72 Å². The smallest absolute Gasteiger partial charge is 0.219 e. The molecule has 1 aromatic carbocycles. The van der Waals surface area contributed by atoms with Crippen molar-refractivity contribution >= 4 is 17.2 Å². The number of carbonyl (C=O) groups is 1. The largest absolute Gasteiger partial charge is 0.490 e.